The number of anilines is 2. The first-order chi connectivity index (χ1) is 24.1. The predicted molar refractivity (Wildman–Crippen MR) is 199 cm³/mol. The van der Waals surface area contributed by atoms with Gasteiger partial charge in [-0.05, 0) is 88.7 Å². The van der Waals surface area contributed by atoms with Gasteiger partial charge in [0.05, 0.1) is 40.1 Å². The number of aromatic nitrogens is 1. The number of hydrogen-bond acceptors (Lipinski definition) is 3. The molecule has 4 heteroatoms. The molecule has 0 saturated heterocycles. The van der Waals surface area contributed by atoms with Crippen LogP contribution in [-0.4, -0.2) is 10.6 Å². The van der Waals surface area contributed by atoms with E-state index in [1.807, 2.05) is 30.3 Å². The molecule has 0 amide bonds. The highest BCUT2D eigenvalue weighted by molar-refractivity contribution is 5.96. The van der Waals surface area contributed by atoms with E-state index < -0.39 is 0 Å². The van der Waals surface area contributed by atoms with Gasteiger partial charge in [-0.1, -0.05) is 104 Å². The van der Waals surface area contributed by atoms with Crippen molar-refractivity contribution in [2.75, 3.05) is 4.90 Å². The third kappa shape index (κ3) is 4.50. The molecule has 5 aromatic carbocycles. The van der Waals surface area contributed by atoms with Crippen molar-refractivity contribution in [1.82, 2.24) is 4.57 Å². The molecule has 1 aliphatic heterocycles. The van der Waals surface area contributed by atoms with Crippen LogP contribution < -0.4 is 4.90 Å². The second kappa shape index (κ2) is 11.4. The molecule has 0 fully saturated rings. The van der Waals surface area contributed by atoms with Gasteiger partial charge in [0.2, 0.25) is 0 Å². The van der Waals surface area contributed by atoms with Crippen LogP contribution >= 0.6 is 0 Å². The first-order valence-electron chi connectivity index (χ1n) is 16.9. The average molecular weight is 629 g/mol. The van der Waals surface area contributed by atoms with E-state index in [4.69, 9.17) is 0 Å². The zero-order chi connectivity index (χ0) is 33.1. The van der Waals surface area contributed by atoms with Crippen molar-refractivity contribution in [3.63, 3.8) is 0 Å². The molecule has 3 unspecified atom stereocenters. The van der Waals surface area contributed by atoms with Crippen molar-refractivity contribution < 1.29 is 0 Å². The zero-order valence-electron chi connectivity index (χ0n) is 27.1. The van der Waals surface area contributed by atoms with Gasteiger partial charge in [0.15, 0.2) is 0 Å². The van der Waals surface area contributed by atoms with E-state index in [0.717, 1.165) is 51.0 Å². The van der Waals surface area contributed by atoms with Crippen LogP contribution in [0.15, 0.2) is 140 Å². The van der Waals surface area contributed by atoms with E-state index in [1.165, 1.54) is 22.5 Å². The van der Waals surface area contributed by atoms with Crippen LogP contribution in [0.2, 0.25) is 0 Å². The SMILES string of the molecule is CC1CC=Cc2c1c1cccc(C#N)c1n2-c1ccc(C#N)cc1-c1ccc(-c2ccc(N3c4ccccc4C4C=CC=CC43)cc2)cc1. The van der Waals surface area contributed by atoms with Crippen LogP contribution in [0.5, 0.6) is 0 Å². The van der Waals surface area contributed by atoms with Gasteiger partial charge in [-0.15, -0.1) is 0 Å². The van der Waals surface area contributed by atoms with Crippen LogP contribution in [0.25, 0.3) is 44.9 Å². The van der Waals surface area contributed by atoms with Crippen molar-refractivity contribution in [2.24, 2.45) is 0 Å². The Bertz CT molecular complexity index is 2460. The number of para-hydroxylation sites is 2. The zero-order valence-corrected chi connectivity index (χ0v) is 27.1. The first-order valence-corrected chi connectivity index (χ1v) is 16.9. The van der Waals surface area contributed by atoms with Crippen LogP contribution in [0.1, 0.15) is 53.1 Å². The van der Waals surface area contributed by atoms with Crippen LogP contribution in [0.3, 0.4) is 0 Å². The number of fused-ring (bicyclic) bond motifs is 6. The van der Waals surface area contributed by atoms with E-state index in [-0.39, 0.29) is 6.04 Å². The number of rotatable bonds is 4. The maximum Gasteiger partial charge on any atom is 0.101 e. The Morgan fingerprint density at radius 2 is 1.47 bits per heavy atom. The van der Waals surface area contributed by atoms with Crippen LogP contribution in [0.4, 0.5) is 11.4 Å². The molecule has 49 heavy (non-hydrogen) atoms. The molecule has 4 nitrogen and oxygen atoms in total. The fourth-order valence-corrected chi connectivity index (χ4v) is 8.18. The minimum Gasteiger partial charge on any atom is -0.333 e. The van der Waals surface area contributed by atoms with Gasteiger partial charge in [-0.3, -0.25) is 0 Å². The van der Waals surface area contributed by atoms with E-state index in [9.17, 15) is 10.5 Å². The molecular weight excluding hydrogens is 597 g/mol. The summed E-state index contributed by atoms with van der Waals surface area (Å²) in [5.41, 5.74) is 13.6. The Balaban J connectivity index is 1.10. The summed E-state index contributed by atoms with van der Waals surface area (Å²) in [7, 11) is 0. The van der Waals surface area contributed by atoms with E-state index in [2.05, 4.69) is 144 Å². The molecule has 2 heterocycles. The average Bonchev–Trinajstić information content (AvgIpc) is 3.69. The van der Waals surface area contributed by atoms with Crippen LogP contribution in [0, 0.1) is 22.7 Å². The molecule has 0 bridgehead atoms. The molecule has 1 aromatic heterocycles. The normalized spacial score (nSPS) is 18.5. The molecule has 0 saturated carbocycles. The van der Waals surface area contributed by atoms with Crippen molar-refractivity contribution in [3.8, 4) is 40.1 Å². The van der Waals surface area contributed by atoms with Crippen molar-refractivity contribution in [1.29, 1.82) is 10.5 Å². The van der Waals surface area contributed by atoms with Gasteiger partial charge < -0.3 is 9.47 Å². The van der Waals surface area contributed by atoms with Gasteiger partial charge in [-0.25, -0.2) is 0 Å². The van der Waals surface area contributed by atoms with Crippen molar-refractivity contribution in [3.05, 3.63) is 168 Å². The molecule has 9 rings (SSSR count). The number of allylic oxidation sites excluding steroid dienone is 3. The molecule has 232 valence electrons. The molecule has 0 spiro atoms. The number of benzene rings is 5. The van der Waals surface area contributed by atoms with Crippen molar-refractivity contribution in [2.45, 2.75) is 31.2 Å². The fourth-order valence-electron chi connectivity index (χ4n) is 8.18. The van der Waals surface area contributed by atoms with E-state index >= 15 is 0 Å². The number of hydrogen-bond donors (Lipinski definition) is 0. The first kappa shape index (κ1) is 28.8. The summed E-state index contributed by atoms with van der Waals surface area (Å²) in [6.07, 6.45) is 14.3. The lowest BCUT2D eigenvalue weighted by Gasteiger charge is -2.28. The third-order valence-corrected chi connectivity index (χ3v) is 10.4. The lowest BCUT2D eigenvalue weighted by atomic mass is 9.90. The molecule has 3 atom stereocenters. The van der Waals surface area contributed by atoms with Gasteiger partial charge >= 0.3 is 0 Å². The second-order valence-corrected chi connectivity index (χ2v) is 13.2. The molecule has 3 aliphatic rings. The quantitative estimate of drug-likeness (QED) is 0.195. The topological polar surface area (TPSA) is 55.8 Å². The number of nitrogens with zero attached hydrogens (tertiary/aromatic N) is 4. The molecular formula is C45H32N4. The highest BCUT2D eigenvalue weighted by atomic mass is 15.2. The summed E-state index contributed by atoms with van der Waals surface area (Å²) in [6, 6.07) is 43.1. The van der Waals surface area contributed by atoms with E-state index in [0.29, 0.717) is 23.0 Å². The summed E-state index contributed by atoms with van der Waals surface area (Å²) in [6.45, 7) is 2.25. The molecule has 6 aromatic rings. The third-order valence-electron chi connectivity index (χ3n) is 10.4. The molecule has 0 N–H and O–H groups in total. The predicted octanol–water partition coefficient (Wildman–Crippen LogP) is 11.0. The standard InChI is InChI=1S/C45H32N4/c1-29-8-6-15-43-44(29)38-12-7-9-34(28-47)45(38)49(43)42-25-16-30(27-46)26-39(42)33-19-17-31(18-20-33)32-21-23-35(24-22-32)48-40-13-4-2-10-36(40)37-11-3-5-14-41(37)48/h2-7,9-26,29,36,40H,8H2,1H3. The fraction of sp³-hybridized carbons (Fsp3) is 0.111. The number of nitriles is 2. The largest absolute Gasteiger partial charge is 0.333 e. The summed E-state index contributed by atoms with van der Waals surface area (Å²) < 4.78 is 2.23. The van der Waals surface area contributed by atoms with Gasteiger partial charge in [0.1, 0.15) is 6.07 Å². The highest BCUT2D eigenvalue weighted by Gasteiger charge is 2.37. The Kier molecular flexibility index (Phi) is 6.71. The summed E-state index contributed by atoms with van der Waals surface area (Å²) in [4.78, 5) is 2.45. The maximum atomic E-state index is 10.2. The summed E-state index contributed by atoms with van der Waals surface area (Å²) in [5.74, 6) is 0.696. The Hall–Kier alpha value is -6.36. The Morgan fingerprint density at radius 3 is 2.27 bits per heavy atom. The summed E-state index contributed by atoms with van der Waals surface area (Å²) in [5, 5.41) is 21.2. The minimum atomic E-state index is 0.275. The maximum absolute atomic E-state index is 10.2. The second-order valence-electron chi connectivity index (χ2n) is 13.2. The van der Waals surface area contributed by atoms with Gasteiger partial charge in [0.25, 0.3) is 0 Å². The minimum absolute atomic E-state index is 0.275. The van der Waals surface area contributed by atoms with Gasteiger partial charge in [-0.2, -0.15) is 10.5 Å². The van der Waals surface area contributed by atoms with Crippen molar-refractivity contribution >= 4 is 28.4 Å². The lowest BCUT2D eigenvalue weighted by Crippen LogP contribution is -2.28. The highest BCUT2D eigenvalue weighted by Crippen LogP contribution is 2.48. The molecule has 0 radical (unpaired) electrons. The Labute approximate surface area is 286 Å². The van der Waals surface area contributed by atoms with Crippen LogP contribution in [-0.2, 0) is 0 Å². The molecule has 2 aliphatic carbocycles. The summed E-state index contributed by atoms with van der Waals surface area (Å²) >= 11 is 0. The van der Waals surface area contributed by atoms with E-state index in [1.54, 1.807) is 0 Å². The Morgan fingerprint density at radius 1 is 0.714 bits per heavy atom. The van der Waals surface area contributed by atoms with Gasteiger partial charge in [0, 0.05) is 28.2 Å². The lowest BCUT2D eigenvalue weighted by molar-refractivity contribution is 0.745. The monoisotopic (exact) mass is 628 g/mol. The smallest absolute Gasteiger partial charge is 0.101 e.